The molecule has 0 aliphatic rings. The topological polar surface area (TPSA) is 35.8 Å². The summed E-state index contributed by atoms with van der Waals surface area (Å²) < 4.78 is 0. The Morgan fingerprint density at radius 2 is 2.00 bits per heavy atom. The highest BCUT2D eigenvalue weighted by molar-refractivity contribution is 5.45. The minimum absolute atomic E-state index is 0.215. The van der Waals surface area contributed by atoms with E-state index < -0.39 is 0 Å². The molecule has 0 saturated heterocycles. The maximum atomic E-state index is 8.47. The predicted molar refractivity (Wildman–Crippen MR) is 54.5 cm³/mol. The first-order chi connectivity index (χ1) is 6.22. The van der Waals surface area contributed by atoms with Gasteiger partial charge >= 0.3 is 0 Å². The summed E-state index contributed by atoms with van der Waals surface area (Å²) >= 11 is 0. The van der Waals surface area contributed by atoms with E-state index in [0.29, 0.717) is 6.42 Å². The Morgan fingerprint density at radius 3 is 2.54 bits per heavy atom. The third-order valence-corrected chi connectivity index (χ3v) is 1.86. The molecule has 1 rings (SSSR count). The summed E-state index contributed by atoms with van der Waals surface area (Å²) in [5.41, 5.74) is 2.33. The van der Waals surface area contributed by atoms with Crippen LogP contribution in [-0.4, -0.2) is 6.04 Å². The van der Waals surface area contributed by atoms with Crippen molar-refractivity contribution < 1.29 is 0 Å². The second-order valence-corrected chi connectivity index (χ2v) is 3.27. The van der Waals surface area contributed by atoms with Gasteiger partial charge in [0.25, 0.3) is 0 Å². The molecule has 1 aromatic carbocycles. The number of benzene rings is 1. The molecular weight excluding hydrogens is 160 g/mol. The molecule has 1 unspecified atom stereocenters. The van der Waals surface area contributed by atoms with Crippen molar-refractivity contribution in [3.63, 3.8) is 0 Å². The van der Waals surface area contributed by atoms with Crippen molar-refractivity contribution >= 4 is 5.69 Å². The van der Waals surface area contributed by atoms with E-state index >= 15 is 0 Å². The van der Waals surface area contributed by atoms with E-state index in [-0.39, 0.29) is 6.04 Å². The van der Waals surface area contributed by atoms with E-state index in [0.717, 1.165) is 5.69 Å². The molecule has 13 heavy (non-hydrogen) atoms. The standard InChI is InChI=1S/C11H14N2/c1-9-3-5-11(6-4-9)13-10(2)7-8-12/h3-6,10,13H,7H2,1-2H3. The minimum Gasteiger partial charge on any atom is -0.382 e. The predicted octanol–water partition coefficient (Wildman–Crippen LogP) is 2.71. The first kappa shape index (κ1) is 9.60. The fraction of sp³-hybridized carbons (Fsp3) is 0.364. The van der Waals surface area contributed by atoms with Gasteiger partial charge < -0.3 is 5.32 Å². The van der Waals surface area contributed by atoms with Crippen LogP contribution in [0.3, 0.4) is 0 Å². The molecule has 1 atom stereocenters. The second-order valence-electron chi connectivity index (χ2n) is 3.27. The molecule has 68 valence electrons. The van der Waals surface area contributed by atoms with Crippen LogP contribution in [0.4, 0.5) is 5.69 Å². The van der Waals surface area contributed by atoms with Crippen molar-refractivity contribution in [1.82, 2.24) is 0 Å². The molecule has 2 nitrogen and oxygen atoms in total. The Labute approximate surface area is 79.2 Å². The molecule has 0 aliphatic carbocycles. The Bertz CT molecular complexity index is 295. The average molecular weight is 174 g/mol. The van der Waals surface area contributed by atoms with Crippen molar-refractivity contribution in [2.24, 2.45) is 0 Å². The molecule has 1 N–H and O–H groups in total. The summed E-state index contributed by atoms with van der Waals surface area (Å²) in [6, 6.07) is 10.5. The van der Waals surface area contributed by atoms with Gasteiger partial charge in [0, 0.05) is 11.7 Å². The van der Waals surface area contributed by atoms with E-state index in [1.165, 1.54) is 5.56 Å². The molecule has 1 aromatic rings. The lowest BCUT2D eigenvalue weighted by Gasteiger charge is -2.11. The summed E-state index contributed by atoms with van der Waals surface area (Å²) in [4.78, 5) is 0. The zero-order chi connectivity index (χ0) is 9.68. The Morgan fingerprint density at radius 1 is 1.38 bits per heavy atom. The summed E-state index contributed by atoms with van der Waals surface area (Å²) in [5.74, 6) is 0. The SMILES string of the molecule is Cc1ccc(NC(C)CC#N)cc1. The first-order valence-electron chi connectivity index (χ1n) is 4.42. The number of rotatable bonds is 3. The number of nitrogens with zero attached hydrogens (tertiary/aromatic N) is 1. The molecular formula is C11H14N2. The van der Waals surface area contributed by atoms with E-state index in [1.807, 2.05) is 19.1 Å². The lowest BCUT2D eigenvalue weighted by Crippen LogP contribution is -2.13. The fourth-order valence-electron chi connectivity index (χ4n) is 1.12. The molecule has 0 amide bonds. The highest BCUT2D eigenvalue weighted by Crippen LogP contribution is 2.10. The van der Waals surface area contributed by atoms with Gasteiger partial charge in [-0.1, -0.05) is 17.7 Å². The smallest absolute Gasteiger partial charge is 0.0643 e. The van der Waals surface area contributed by atoms with Gasteiger partial charge in [0.2, 0.25) is 0 Å². The van der Waals surface area contributed by atoms with Crippen LogP contribution in [0.25, 0.3) is 0 Å². The van der Waals surface area contributed by atoms with E-state index in [1.54, 1.807) is 0 Å². The normalized spacial score (nSPS) is 11.8. The fourth-order valence-corrected chi connectivity index (χ4v) is 1.12. The number of anilines is 1. The number of hydrogen-bond acceptors (Lipinski definition) is 2. The molecule has 2 heteroatoms. The maximum absolute atomic E-state index is 8.47. The van der Waals surface area contributed by atoms with Crippen molar-refractivity contribution in [3.8, 4) is 6.07 Å². The highest BCUT2D eigenvalue weighted by atomic mass is 14.9. The zero-order valence-corrected chi connectivity index (χ0v) is 8.04. The van der Waals surface area contributed by atoms with Crippen molar-refractivity contribution in [3.05, 3.63) is 29.8 Å². The van der Waals surface area contributed by atoms with E-state index in [9.17, 15) is 0 Å². The number of nitrogens with one attached hydrogen (secondary N) is 1. The second kappa shape index (κ2) is 4.51. The molecule has 0 saturated carbocycles. The third kappa shape index (κ3) is 3.16. The van der Waals surface area contributed by atoms with Gasteiger partial charge in [0.05, 0.1) is 12.5 Å². The van der Waals surface area contributed by atoms with Gasteiger partial charge in [-0.2, -0.15) is 5.26 Å². The van der Waals surface area contributed by atoms with Crippen LogP contribution in [0.5, 0.6) is 0 Å². The van der Waals surface area contributed by atoms with Crippen molar-refractivity contribution in [2.45, 2.75) is 26.3 Å². The minimum atomic E-state index is 0.215. The Hall–Kier alpha value is -1.49. The van der Waals surface area contributed by atoms with Crippen LogP contribution in [-0.2, 0) is 0 Å². The summed E-state index contributed by atoms with van der Waals surface area (Å²) in [6.45, 7) is 4.06. The molecule has 0 bridgehead atoms. The molecule has 0 aromatic heterocycles. The van der Waals surface area contributed by atoms with Crippen LogP contribution in [0, 0.1) is 18.3 Å². The van der Waals surface area contributed by atoms with Gasteiger partial charge in [-0.05, 0) is 26.0 Å². The van der Waals surface area contributed by atoms with Gasteiger partial charge in [-0.25, -0.2) is 0 Å². The average Bonchev–Trinajstić information content (AvgIpc) is 2.09. The van der Waals surface area contributed by atoms with E-state index in [2.05, 4.69) is 30.4 Å². The van der Waals surface area contributed by atoms with Crippen LogP contribution in [0.2, 0.25) is 0 Å². The van der Waals surface area contributed by atoms with Crippen LogP contribution in [0.15, 0.2) is 24.3 Å². The van der Waals surface area contributed by atoms with Gasteiger partial charge in [0.15, 0.2) is 0 Å². The molecule has 0 aliphatic heterocycles. The first-order valence-corrected chi connectivity index (χ1v) is 4.42. The number of hydrogen-bond donors (Lipinski definition) is 1. The van der Waals surface area contributed by atoms with Gasteiger partial charge in [-0.15, -0.1) is 0 Å². The Kier molecular flexibility index (Phi) is 3.33. The number of aryl methyl sites for hydroxylation is 1. The van der Waals surface area contributed by atoms with Gasteiger partial charge in [0.1, 0.15) is 0 Å². The van der Waals surface area contributed by atoms with Crippen molar-refractivity contribution in [1.29, 1.82) is 5.26 Å². The molecule has 0 heterocycles. The summed E-state index contributed by atoms with van der Waals surface area (Å²) in [7, 11) is 0. The largest absolute Gasteiger partial charge is 0.382 e. The summed E-state index contributed by atoms with van der Waals surface area (Å²) in [5, 5.41) is 11.7. The zero-order valence-electron chi connectivity index (χ0n) is 8.04. The summed E-state index contributed by atoms with van der Waals surface area (Å²) in [6.07, 6.45) is 0.536. The van der Waals surface area contributed by atoms with Crippen LogP contribution < -0.4 is 5.32 Å². The monoisotopic (exact) mass is 174 g/mol. The molecule has 0 spiro atoms. The lowest BCUT2D eigenvalue weighted by molar-refractivity contribution is 0.821. The highest BCUT2D eigenvalue weighted by Gasteiger charge is 1.99. The lowest BCUT2D eigenvalue weighted by atomic mass is 10.2. The number of nitriles is 1. The quantitative estimate of drug-likeness (QED) is 0.764. The van der Waals surface area contributed by atoms with Crippen LogP contribution >= 0.6 is 0 Å². The maximum Gasteiger partial charge on any atom is 0.0643 e. The van der Waals surface area contributed by atoms with Gasteiger partial charge in [-0.3, -0.25) is 0 Å². The van der Waals surface area contributed by atoms with Crippen molar-refractivity contribution in [2.75, 3.05) is 5.32 Å². The third-order valence-electron chi connectivity index (χ3n) is 1.86. The molecule has 0 radical (unpaired) electrons. The van der Waals surface area contributed by atoms with E-state index in [4.69, 9.17) is 5.26 Å². The van der Waals surface area contributed by atoms with Crippen LogP contribution in [0.1, 0.15) is 18.9 Å². The Balaban J connectivity index is 2.55. The molecule has 0 fully saturated rings.